The minimum absolute atomic E-state index is 0.971. The van der Waals surface area contributed by atoms with Crippen LogP contribution in [-0.2, 0) is 6.42 Å². The number of benzene rings is 1. The second kappa shape index (κ2) is 5.48. The average molecular weight is 226 g/mol. The molecule has 0 unspecified atom stereocenters. The molecule has 1 heterocycles. The van der Waals surface area contributed by atoms with E-state index < -0.39 is 0 Å². The number of hydrogen-bond acceptors (Lipinski definition) is 2. The standard InChI is InChI=1S/C15H18N2/c1-3-17(2)15-6-4-13(5-7-15)12-14-8-10-16-11-9-14/h4-11H,3,12H2,1-2H3. The highest BCUT2D eigenvalue weighted by Gasteiger charge is 1.99. The summed E-state index contributed by atoms with van der Waals surface area (Å²) in [7, 11) is 2.11. The largest absolute Gasteiger partial charge is 0.375 e. The van der Waals surface area contributed by atoms with E-state index in [9.17, 15) is 0 Å². The van der Waals surface area contributed by atoms with Gasteiger partial charge in [0, 0.05) is 31.7 Å². The predicted octanol–water partition coefficient (Wildman–Crippen LogP) is 3.13. The van der Waals surface area contributed by atoms with Gasteiger partial charge in [-0.05, 0) is 48.7 Å². The van der Waals surface area contributed by atoms with Crippen molar-refractivity contribution in [1.82, 2.24) is 4.98 Å². The second-order valence-corrected chi connectivity index (χ2v) is 4.21. The van der Waals surface area contributed by atoms with E-state index in [1.807, 2.05) is 12.4 Å². The van der Waals surface area contributed by atoms with Crippen LogP contribution in [0.1, 0.15) is 18.1 Å². The smallest absolute Gasteiger partial charge is 0.0363 e. The quantitative estimate of drug-likeness (QED) is 0.796. The Hall–Kier alpha value is -1.83. The van der Waals surface area contributed by atoms with Gasteiger partial charge in [-0.3, -0.25) is 4.98 Å². The van der Waals surface area contributed by atoms with Crippen molar-refractivity contribution in [3.05, 3.63) is 59.9 Å². The molecule has 2 nitrogen and oxygen atoms in total. The van der Waals surface area contributed by atoms with Crippen LogP contribution < -0.4 is 4.90 Å². The molecule has 0 fully saturated rings. The SMILES string of the molecule is CCN(C)c1ccc(Cc2ccncc2)cc1. The van der Waals surface area contributed by atoms with Crippen molar-refractivity contribution in [2.24, 2.45) is 0 Å². The monoisotopic (exact) mass is 226 g/mol. The lowest BCUT2D eigenvalue weighted by Gasteiger charge is -2.16. The molecular weight excluding hydrogens is 208 g/mol. The molecule has 0 saturated carbocycles. The fraction of sp³-hybridized carbons (Fsp3) is 0.267. The first-order chi connectivity index (χ1) is 8.29. The van der Waals surface area contributed by atoms with Crippen molar-refractivity contribution in [1.29, 1.82) is 0 Å². The van der Waals surface area contributed by atoms with Crippen molar-refractivity contribution in [3.8, 4) is 0 Å². The van der Waals surface area contributed by atoms with Crippen LogP contribution in [0.3, 0.4) is 0 Å². The molecule has 2 rings (SSSR count). The minimum atomic E-state index is 0.971. The van der Waals surface area contributed by atoms with Crippen molar-refractivity contribution in [3.63, 3.8) is 0 Å². The molecule has 17 heavy (non-hydrogen) atoms. The summed E-state index contributed by atoms with van der Waals surface area (Å²) >= 11 is 0. The Bertz CT molecular complexity index is 448. The molecule has 0 bridgehead atoms. The van der Waals surface area contributed by atoms with Gasteiger partial charge < -0.3 is 4.90 Å². The van der Waals surface area contributed by atoms with Crippen molar-refractivity contribution in [2.75, 3.05) is 18.5 Å². The molecule has 2 aromatic rings. The number of pyridine rings is 1. The van der Waals surface area contributed by atoms with Gasteiger partial charge in [0.15, 0.2) is 0 Å². The first kappa shape index (κ1) is 11.6. The molecule has 0 N–H and O–H groups in total. The van der Waals surface area contributed by atoms with Crippen LogP contribution in [0, 0.1) is 0 Å². The lowest BCUT2D eigenvalue weighted by atomic mass is 10.1. The van der Waals surface area contributed by atoms with Crippen molar-refractivity contribution < 1.29 is 0 Å². The van der Waals surface area contributed by atoms with Gasteiger partial charge in [-0.1, -0.05) is 12.1 Å². The molecule has 88 valence electrons. The Balaban J connectivity index is 2.08. The van der Waals surface area contributed by atoms with Gasteiger partial charge in [0.1, 0.15) is 0 Å². The molecule has 2 heteroatoms. The summed E-state index contributed by atoms with van der Waals surface area (Å²) in [5, 5.41) is 0. The second-order valence-electron chi connectivity index (χ2n) is 4.21. The third-order valence-corrected chi connectivity index (χ3v) is 3.01. The van der Waals surface area contributed by atoms with Crippen LogP contribution in [-0.4, -0.2) is 18.6 Å². The van der Waals surface area contributed by atoms with E-state index in [1.54, 1.807) is 0 Å². The maximum atomic E-state index is 4.03. The van der Waals surface area contributed by atoms with E-state index in [2.05, 4.69) is 60.3 Å². The van der Waals surface area contributed by atoms with E-state index in [-0.39, 0.29) is 0 Å². The van der Waals surface area contributed by atoms with Gasteiger partial charge in [-0.15, -0.1) is 0 Å². The summed E-state index contributed by atoms with van der Waals surface area (Å²) in [4.78, 5) is 6.26. The number of hydrogen-bond donors (Lipinski definition) is 0. The predicted molar refractivity (Wildman–Crippen MR) is 72.4 cm³/mol. The molecule has 1 aromatic carbocycles. The molecule has 0 spiro atoms. The molecule has 0 saturated heterocycles. The number of rotatable bonds is 4. The fourth-order valence-corrected chi connectivity index (χ4v) is 1.79. The summed E-state index contributed by atoms with van der Waals surface area (Å²) in [6.45, 7) is 3.19. The molecule has 0 aliphatic rings. The molecule has 0 radical (unpaired) electrons. The number of anilines is 1. The molecule has 0 aliphatic carbocycles. The number of nitrogens with zero attached hydrogens (tertiary/aromatic N) is 2. The maximum Gasteiger partial charge on any atom is 0.0363 e. The van der Waals surface area contributed by atoms with E-state index >= 15 is 0 Å². The van der Waals surface area contributed by atoms with Crippen LogP contribution in [0.4, 0.5) is 5.69 Å². The Morgan fingerprint density at radius 3 is 2.12 bits per heavy atom. The van der Waals surface area contributed by atoms with Gasteiger partial charge in [0.05, 0.1) is 0 Å². The molecular formula is C15H18N2. The summed E-state index contributed by atoms with van der Waals surface area (Å²) in [5.41, 5.74) is 3.91. The van der Waals surface area contributed by atoms with E-state index in [1.165, 1.54) is 16.8 Å². The summed E-state index contributed by atoms with van der Waals surface area (Å²) in [6.07, 6.45) is 4.65. The molecule has 1 aromatic heterocycles. The molecule has 0 aliphatic heterocycles. The average Bonchev–Trinajstić information content (AvgIpc) is 2.40. The summed E-state index contributed by atoms with van der Waals surface area (Å²) in [5.74, 6) is 0. The van der Waals surface area contributed by atoms with Gasteiger partial charge >= 0.3 is 0 Å². The zero-order valence-electron chi connectivity index (χ0n) is 10.4. The highest BCUT2D eigenvalue weighted by molar-refractivity contribution is 5.47. The highest BCUT2D eigenvalue weighted by atomic mass is 15.1. The lowest BCUT2D eigenvalue weighted by molar-refractivity contribution is 0.967. The van der Waals surface area contributed by atoms with E-state index in [0.717, 1.165) is 13.0 Å². The highest BCUT2D eigenvalue weighted by Crippen LogP contribution is 2.15. The van der Waals surface area contributed by atoms with Gasteiger partial charge in [-0.2, -0.15) is 0 Å². The third kappa shape index (κ3) is 3.06. The zero-order valence-corrected chi connectivity index (χ0v) is 10.4. The Morgan fingerprint density at radius 2 is 1.53 bits per heavy atom. The molecule has 0 atom stereocenters. The van der Waals surface area contributed by atoms with Crippen LogP contribution >= 0.6 is 0 Å². The van der Waals surface area contributed by atoms with E-state index in [4.69, 9.17) is 0 Å². The number of aromatic nitrogens is 1. The minimum Gasteiger partial charge on any atom is -0.375 e. The first-order valence-corrected chi connectivity index (χ1v) is 5.98. The lowest BCUT2D eigenvalue weighted by Crippen LogP contribution is -2.15. The topological polar surface area (TPSA) is 16.1 Å². The van der Waals surface area contributed by atoms with Crippen LogP contribution in [0.25, 0.3) is 0 Å². The summed E-state index contributed by atoms with van der Waals surface area (Å²) < 4.78 is 0. The van der Waals surface area contributed by atoms with Gasteiger partial charge in [-0.25, -0.2) is 0 Å². The van der Waals surface area contributed by atoms with Crippen LogP contribution in [0.2, 0.25) is 0 Å². The Labute approximate surface area is 103 Å². The van der Waals surface area contributed by atoms with Gasteiger partial charge in [0.2, 0.25) is 0 Å². The van der Waals surface area contributed by atoms with E-state index in [0.29, 0.717) is 0 Å². The third-order valence-electron chi connectivity index (χ3n) is 3.01. The fourth-order valence-electron chi connectivity index (χ4n) is 1.79. The normalized spacial score (nSPS) is 10.2. The molecule has 0 amide bonds. The first-order valence-electron chi connectivity index (χ1n) is 5.98. The maximum absolute atomic E-state index is 4.03. The summed E-state index contributed by atoms with van der Waals surface area (Å²) in [6, 6.07) is 12.9. The zero-order chi connectivity index (χ0) is 12.1. The van der Waals surface area contributed by atoms with Gasteiger partial charge in [0.25, 0.3) is 0 Å². The van der Waals surface area contributed by atoms with Crippen molar-refractivity contribution >= 4 is 5.69 Å². The Kier molecular flexibility index (Phi) is 3.76. The van der Waals surface area contributed by atoms with Crippen LogP contribution in [0.15, 0.2) is 48.8 Å². The van der Waals surface area contributed by atoms with Crippen LogP contribution in [0.5, 0.6) is 0 Å². The Morgan fingerprint density at radius 1 is 0.941 bits per heavy atom. The van der Waals surface area contributed by atoms with Crippen molar-refractivity contribution in [2.45, 2.75) is 13.3 Å².